The van der Waals surface area contributed by atoms with Crippen LogP contribution >= 0.6 is 0 Å². The van der Waals surface area contributed by atoms with Crippen LogP contribution in [0.15, 0.2) is 23.0 Å². The van der Waals surface area contributed by atoms with Crippen molar-refractivity contribution < 1.29 is 9.47 Å². The van der Waals surface area contributed by atoms with Gasteiger partial charge in [0.15, 0.2) is 5.43 Å². The molecule has 1 aliphatic heterocycles. The second-order valence-corrected chi connectivity index (χ2v) is 6.43. The lowest BCUT2D eigenvalue weighted by molar-refractivity contribution is -0.0963. The van der Waals surface area contributed by atoms with Crippen molar-refractivity contribution in [1.82, 2.24) is 9.88 Å². The van der Waals surface area contributed by atoms with Gasteiger partial charge in [-0.25, -0.2) is 0 Å². The minimum atomic E-state index is 0.0752. The van der Waals surface area contributed by atoms with Crippen LogP contribution in [-0.2, 0) is 16.0 Å². The van der Waals surface area contributed by atoms with Crippen molar-refractivity contribution in [2.45, 2.75) is 26.5 Å². The van der Waals surface area contributed by atoms with E-state index in [1.54, 1.807) is 6.07 Å². The van der Waals surface area contributed by atoms with Gasteiger partial charge in [0.2, 0.25) is 0 Å². The van der Waals surface area contributed by atoms with E-state index in [4.69, 9.17) is 9.47 Å². The Labute approximate surface area is 136 Å². The van der Waals surface area contributed by atoms with E-state index >= 15 is 0 Å². The fraction of sp³-hybridized carbons (Fsp3) is 0.500. The summed E-state index contributed by atoms with van der Waals surface area (Å²) < 4.78 is 11.1. The Morgan fingerprint density at radius 3 is 2.83 bits per heavy atom. The molecule has 124 valence electrons. The molecule has 0 amide bonds. The minimum absolute atomic E-state index is 0.0752. The third-order valence-electron chi connectivity index (χ3n) is 4.18. The highest BCUT2D eigenvalue weighted by molar-refractivity contribution is 5.82. The third kappa shape index (κ3) is 3.80. The molecule has 5 nitrogen and oxygen atoms in total. The summed E-state index contributed by atoms with van der Waals surface area (Å²) in [6.07, 6.45) is 0.102. The molecule has 2 aromatic rings. The average Bonchev–Trinajstić information content (AvgIpc) is 2.49. The number of likely N-dealkylation sites (N-methyl/N-ethyl adjacent to an activating group) is 1. The van der Waals surface area contributed by atoms with Crippen molar-refractivity contribution in [3.05, 3.63) is 45.2 Å². The Kier molecular flexibility index (Phi) is 4.80. The summed E-state index contributed by atoms with van der Waals surface area (Å²) in [5.41, 5.74) is 4.15. The number of H-pyrrole nitrogens is 1. The highest BCUT2D eigenvalue weighted by Crippen LogP contribution is 2.16. The molecule has 1 aromatic carbocycles. The number of hydrogen-bond donors (Lipinski definition) is 1. The SMILES string of the molecule is Cc1cc(C)c2[nH]c(CN(C)C[C@H]3COCCO3)cc(=O)c2c1. The molecule has 1 saturated heterocycles. The van der Waals surface area contributed by atoms with Gasteiger partial charge in [-0.2, -0.15) is 0 Å². The van der Waals surface area contributed by atoms with Gasteiger partial charge in [-0.05, 0) is 38.1 Å². The number of hydrogen-bond acceptors (Lipinski definition) is 4. The number of aryl methyl sites for hydroxylation is 2. The van der Waals surface area contributed by atoms with Crippen LogP contribution in [0.4, 0.5) is 0 Å². The number of nitrogens with one attached hydrogen (secondary N) is 1. The first kappa shape index (κ1) is 16.2. The third-order valence-corrected chi connectivity index (χ3v) is 4.18. The van der Waals surface area contributed by atoms with Crippen LogP contribution in [0.25, 0.3) is 10.9 Å². The van der Waals surface area contributed by atoms with Crippen molar-refractivity contribution in [3.63, 3.8) is 0 Å². The summed E-state index contributed by atoms with van der Waals surface area (Å²) in [4.78, 5) is 18.0. The highest BCUT2D eigenvalue weighted by atomic mass is 16.6. The Hall–Kier alpha value is -1.69. The summed E-state index contributed by atoms with van der Waals surface area (Å²) >= 11 is 0. The van der Waals surface area contributed by atoms with Crippen molar-refractivity contribution in [2.24, 2.45) is 0 Å². The number of ether oxygens (including phenoxy) is 2. The second-order valence-electron chi connectivity index (χ2n) is 6.43. The van der Waals surface area contributed by atoms with Crippen LogP contribution in [-0.4, -0.2) is 49.4 Å². The summed E-state index contributed by atoms with van der Waals surface area (Å²) in [6.45, 7) is 7.48. The first-order chi connectivity index (χ1) is 11.0. The van der Waals surface area contributed by atoms with E-state index in [2.05, 4.69) is 16.0 Å². The van der Waals surface area contributed by atoms with Gasteiger partial charge in [-0.1, -0.05) is 6.07 Å². The normalized spacial score (nSPS) is 18.7. The fourth-order valence-corrected chi connectivity index (χ4v) is 3.19. The second kappa shape index (κ2) is 6.83. The molecule has 1 N–H and O–H groups in total. The molecule has 23 heavy (non-hydrogen) atoms. The van der Waals surface area contributed by atoms with E-state index in [-0.39, 0.29) is 11.5 Å². The molecule has 1 aromatic heterocycles. The zero-order valence-electron chi connectivity index (χ0n) is 14.0. The number of benzene rings is 1. The van der Waals surface area contributed by atoms with Gasteiger partial charge in [0.25, 0.3) is 0 Å². The van der Waals surface area contributed by atoms with E-state index in [0.717, 1.165) is 34.3 Å². The number of rotatable bonds is 4. The van der Waals surface area contributed by atoms with E-state index in [1.165, 1.54) is 0 Å². The lowest BCUT2D eigenvalue weighted by Gasteiger charge is -2.27. The van der Waals surface area contributed by atoms with Crippen LogP contribution in [0.1, 0.15) is 16.8 Å². The molecule has 0 saturated carbocycles. The predicted octanol–water partition coefficient (Wildman–Crippen LogP) is 1.99. The molecular formula is C18H24N2O3. The van der Waals surface area contributed by atoms with Gasteiger partial charge in [0.05, 0.1) is 31.4 Å². The van der Waals surface area contributed by atoms with E-state index < -0.39 is 0 Å². The Bertz CT molecular complexity index is 748. The van der Waals surface area contributed by atoms with E-state index in [0.29, 0.717) is 26.4 Å². The number of nitrogens with zero attached hydrogens (tertiary/aromatic N) is 1. The first-order valence-electron chi connectivity index (χ1n) is 8.04. The lowest BCUT2D eigenvalue weighted by Crippen LogP contribution is -2.38. The maximum Gasteiger partial charge on any atom is 0.189 e. The van der Waals surface area contributed by atoms with Gasteiger partial charge in [0.1, 0.15) is 0 Å². The Morgan fingerprint density at radius 2 is 2.09 bits per heavy atom. The maximum atomic E-state index is 12.4. The molecule has 1 atom stereocenters. The molecule has 0 aliphatic carbocycles. The van der Waals surface area contributed by atoms with Crippen LogP contribution in [0, 0.1) is 13.8 Å². The average molecular weight is 316 g/mol. The molecule has 0 spiro atoms. The van der Waals surface area contributed by atoms with E-state index in [9.17, 15) is 4.79 Å². The zero-order chi connectivity index (χ0) is 16.4. The highest BCUT2D eigenvalue weighted by Gasteiger charge is 2.17. The van der Waals surface area contributed by atoms with Crippen molar-refractivity contribution in [2.75, 3.05) is 33.4 Å². The van der Waals surface area contributed by atoms with Crippen molar-refractivity contribution in [1.29, 1.82) is 0 Å². The largest absolute Gasteiger partial charge is 0.376 e. The lowest BCUT2D eigenvalue weighted by atomic mass is 10.1. The van der Waals surface area contributed by atoms with Gasteiger partial charge >= 0.3 is 0 Å². The first-order valence-corrected chi connectivity index (χ1v) is 8.04. The molecule has 0 bridgehead atoms. The smallest absolute Gasteiger partial charge is 0.189 e. The number of fused-ring (bicyclic) bond motifs is 1. The number of aromatic nitrogens is 1. The molecule has 1 fully saturated rings. The molecule has 0 unspecified atom stereocenters. The summed E-state index contributed by atoms with van der Waals surface area (Å²) in [5, 5.41) is 0.762. The molecule has 3 rings (SSSR count). The zero-order valence-corrected chi connectivity index (χ0v) is 14.0. The van der Waals surface area contributed by atoms with Gasteiger partial charge in [0, 0.05) is 30.2 Å². The monoisotopic (exact) mass is 316 g/mol. The van der Waals surface area contributed by atoms with Crippen LogP contribution < -0.4 is 5.43 Å². The van der Waals surface area contributed by atoms with Gasteiger partial charge in [-0.15, -0.1) is 0 Å². The van der Waals surface area contributed by atoms with Crippen LogP contribution in [0.5, 0.6) is 0 Å². The maximum absolute atomic E-state index is 12.4. The number of aromatic amines is 1. The van der Waals surface area contributed by atoms with E-state index in [1.807, 2.05) is 27.0 Å². The molecular weight excluding hydrogens is 292 g/mol. The van der Waals surface area contributed by atoms with Crippen molar-refractivity contribution >= 4 is 10.9 Å². The molecule has 0 radical (unpaired) electrons. The molecule has 5 heteroatoms. The summed E-state index contributed by atoms with van der Waals surface area (Å²) in [7, 11) is 2.03. The summed E-state index contributed by atoms with van der Waals surface area (Å²) in [5.74, 6) is 0. The quantitative estimate of drug-likeness (QED) is 0.937. The Balaban J connectivity index is 1.78. The standard InChI is InChI=1S/C18H24N2O3/c1-12-6-13(2)18-16(7-12)17(21)8-14(19-18)9-20(3)10-15-11-22-4-5-23-15/h6-8,15H,4-5,9-11H2,1-3H3,(H,19,21)/t15-/m0/s1. The van der Waals surface area contributed by atoms with Gasteiger partial charge < -0.3 is 14.5 Å². The summed E-state index contributed by atoms with van der Waals surface area (Å²) in [6, 6.07) is 5.75. The van der Waals surface area contributed by atoms with Crippen molar-refractivity contribution in [3.8, 4) is 0 Å². The Morgan fingerprint density at radius 1 is 1.26 bits per heavy atom. The number of pyridine rings is 1. The fourth-order valence-electron chi connectivity index (χ4n) is 3.19. The molecule has 1 aliphatic rings. The molecule has 2 heterocycles. The van der Waals surface area contributed by atoms with Crippen LogP contribution in [0.3, 0.4) is 0 Å². The predicted molar refractivity (Wildman–Crippen MR) is 90.9 cm³/mol. The minimum Gasteiger partial charge on any atom is -0.376 e. The van der Waals surface area contributed by atoms with Gasteiger partial charge in [-0.3, -0.25) is 9.69 Å². The van der Waals surface area contributed by atoms with Crippen LogP contribution in [0.2, 0.25) is 0 Å². The topological polar surface area (TPSA) is 54.6 Å².